The SMILES string of the molecule is CCC(N)C(c1cc(Br)cs1)N(CC)Cc1ccco1. The second-order valence-corrected chi connectivity index (χ2v) is 6.69. The van der Waals surface area contributed by atoms with Crippen LogP contribution in [0.5, 0.6) is 0 Å². The normalized spacial score (nSPS) is 14.7. The van der Waals surface area contributed by atoms with Crippen LogP contribution in [0.1, 0.15) is 36.9 Å². The van der Waals surface area contributed by atoms with Gasteiger partial charge in [-0.2, -0.15) is 0 Å². The van der Waals surface area contributed by atoms with Gasteiger partial charge in [0, 0.05) is 20.8 Å². The van der Waals surface area contributed by atoms with Gasteiger partial charge in [-0.05, 0) is 47.1 Å². The van der Waals surface area contributed by atoms with Crippen LogP contribution in [-0.2, 0) is 6.54 Å². The Bertz CT molecular complexity index is 512. The summed E-state index contributed by atoms with van der Waals surface area (Å²) in [5.74, 6) is 0.982. The molecule has 0 aliphatic heterocycles. The highest BCUT2D eigenvalue weighted by Crippen LogP contribution is 2.33. The van der Waals surface area contributed by atoms with E-state index in [4.69, 9.17) is 10.2 Å². The Kier molecular flexibility index (Phi) is 5.84. The van der Waals surface area contributed by atoms with Gasteiger partial charge in [-0.15, -0.1) is 11.3 Å². The van der Waals surface area contributed by atoms with E-state index >= 15 is 0 Å². The minimum absolute atomic E-state index is 0.121. The molecule has 110 valence electrons. The maximum absolute atomic E-state index is 6.38. The largest absolute Gasteiger partial charge is 0.468 e. The van der Waals surface area contributed by atoms with Crippen molar-refractivity contribution in [3.05, 3.63) is 45.0 Å². The molecule has 0 amide bonds. The Morgan fingerprint density at radius 1 is 1.45 bits per heavy atom. The fourth-order valence-electron chi connectivity index (χ4n) is 2.38. The number of hydrogen-bond donors (Lipinski definition) is 1. The van der Waals surface area contributed by atoms with Crippen LogP contribution in [0, 0.1) is 0 Å². The van der Waals surface area contributed by atoms with Crippen molar-refractivity contribution < 1.29 is 4.42 Å². The number of halogens is 1. The molecule has 2 aromatic heterocycles. The van der Waals surface area contributed by atoms with Crippen LogP contribution in [0.3, 0.4) is 0 Å². The summed E-state index contributed by atoms with van der Waals surface area (Å²) >= 11 is 5.29. The van der Waals surface area contributed by atoms with E-state index in [1.165, 1.54) is 4.88 Å². The van der Waals surface area contributed by atoms with Crippen molar-refractivity contribution >= 4 is 27.3 Å². The lowest BCUT2D eigenvalue weighted by Gasteiger charge is -2.33. The van der Waals surface area contributed by atoms with Crippen molar-refractivity contribution in [2.75, 3.05) is 6.54 Å². The highest BCUT2D eigenvalue weighted by molar-refractivity contribution is 9.10. The smallest absolute Gasteiger partial charge is 0.117 e. The van der Waals surface area contributed by atoms with Crippen LogP contribution in [0.2, 0.25) is 0 Å². The molecule has 3 nitrogen and oxygen atoms in total. The number of thiophene rings is 1. The molecule has 0 fully saturated rings. The van der Waals surface area contributed by atoms with E-state index in [9.17, 15) is 0 Å². The van der Waals surface area contributed by atoms with Gasteiger partial charge in [0.05, 0.1) is 18.8 Å². The number of nitrogens with zero attached hydrogens (tertiary/aromatic N) is 1. The zero-order chi connectivity index (χ0) is 14.5. The fraction of sp³-hybridized carbons (Fsp3) is 0.467. The first kappa shape index (κ1) is 15.8. The van der Waals surface area contributed by atoms with E-state index in [0.717, 1.165) is 29.7 Å². The number of rotatable bonds is 7. The third-order valence-corrected chi connectivity index (χ3v) is 5.26. The van der Waals surface area contributed by atoms with E-state index in [1.54, 1.807) is 17.6 Å². The fourth-order valence-corrected chi connectivity index (χ4v) is 4.03. The van der Waals surface area contributed by atoms with Gasteiger partial charge in [0.15, 0.2) is 0 Å². The van der Waals surface area contributed by atoms with E-state index in [-0.39, 0.29) is 12.1 Å². The molecule has 0 spiro atoms. The molecular weight excluding hydrogens is 336 g/mol. The maximum atomic E-state index is 6.38. The van der Waals surface area contributed by atoms with Gasteiger partial charge in [0.2, 0.25) is 0 Å². The Balaban J connectivity index is 2.23. The lowest BCUT2D eigenvalue weighted by molar-refractivity contribution is 0.160. The van der Waals surface area contributed by atoms with Crippen molar-refractivity contribution in [2.24, 2.45) is 5.73 Å². The second kappa shape index (κ2) is 7.41. The van der Waals surface area contributed by atoms with Crippen LogP contribution in [-0.4, -0.2) is 17.5 Å². The summed E-state index contributed by atoms with van der Waals surface area (Å²) in [6, 6.07) is 6.47. The van der Waals surface area contributed by atoms with Crippen molar-refractivity contribution in [3.8, 4) is 0 Å². The van der Waals surface area contributed by atoms with Crippen molar-refractivity contribution in [2.45, 2.75) is 38.9 Å². The summed E-state index contributed by atoms with van der Waals surface area (Å²) in [6.45, 7) is 6.04. The molecule has 0 saturated heterocycles. The van der Waals surface area contributed by atoms with Gasteiger partial charge in [-0.3, -0.25) is 4.90 Å². The predicted molar refractivity (Wildman–Crippen MR) is 87.8 cm³/mol. The van der Waals surface area contributed by atoms with Crippen LogP contribution in [0.25, 0.3) is 0 Å². The average Bonchev–Trinajstić information content (AvgIpc) is 3.09. The number of nitrogens with two attached hydrogens (primary N) is 1. The maximum Gasteiger partial charge on any atom is 0.117 e. The molecule has 0 saturated carbocycles. The summed E-state index contributed by atoms with van der Waals surface area (Å²) < 4.78 is 6.61. The second-order valence-electron chi connectivity index (χ2n) is 4.83. The van der Waals surface area contributed by atoms with Gasteiger partial charge in [-0.25, -0.2) is 0 Å². The number of hydrogen-bond acceptors (Lipinski definition) is 4. The Morgan fingerprint density at radius 2 is 2.25 bits per heavy atom. The van der Waals surface area contributed by atoms with Gasteiger partial charge in [0.25, 0.3) is 0 Å². The Morgan fingerprint density at radius 3 is 2.75 bits per heavy atom. The first-order chi connectivity index (χ1) is 9.65. The summed E-state index contributed by atoms with van der Waals surface area (Å²) in [7, 11) is 0. The van der Waals surface area contributed by atoms with Gasteiger partial charge in [-0.1, -0.05) is 13.8 Å². The predicted octanol–water partition coefficient (Wildman–Crippen LogP) is 4.40. The van der Waals surface area contributed by atoms with Crippen molar-refractivity contribution in [1.82, 2.24) is 4.90 Å². The highest BCUT2D eigenvalue weighted by atomic mass is 79.9. The molecule has 2 aromatic rings. The van der Waals surface area contributed by atoms with Crippen LogP contribution < -0.4 is 5.73 Å². The molecule has 0 aromatic carbocycles. The van der Waals surface area contributed by atoms with E-state index < -0.39 is 0 Å². The number of furan rings is 1. The zero-order valence-corrected chi connectivity index (χ0v) is 14.3. The van der Waals surface area contributed by atoms with E-state index in [0.29, 0.717) is 0 Å². The molecule has 0 aliphatic carbocycles. The Labute approximate surface area is 132 Å². The molecule has 2 rings (SSSR count). The topological polar surface area (TPSA) is 42.4 Å². The summed E-state index contributed by atoms with van der Waals surface area (Å²) in [6.07, 6.45) is 2.68. The lowest BCUT2D eigenvalue weighted by Crippen LogP contribution is -2.40. The first-order valence-electron chi connectivity index (χ1n) is 6.91. The first-order valence-corrected chi connectivity index (χ1v) is 8.58. The van der Waals surface area contributed by atoms with Gasteiger partial charge >= 0.3 is 0 Å². The molecule has 2 unspecified atom stereocenters. The van der Waals surface area contributed by atoms with Crippen LogP contribution in [0.15, 0.2) is 38.7 Å². The molecule has 2 heterocycles. The van der Waals surface area contributed by atoms with Gasteiger partial charge < -0.3 is 10.2 Å². The van der Waals surface area contributed by atoms with Crippen LogP contribution in [0.4, 0.5) is 0 Å². The van der Waals surface area contributed by atoms with Crippen LogP contribution >= 0.6 is 27.3 Å². The van der Waals surface area contributed by atoms with Crippen molar-refractivity contribution in [1.29, 1.82) is 0 Å². The third-order valence-electron chi connectivity index (χ3n) is 3.49. The van der Waals surface area contributed by atoms with Gasteiger partial charge in [0.1, 0.15) is 5.76 Å². The summed E-state index contributed by atoms with van der Waals surface area (Å²) in [4.78, 5) is 3.69. The average molecular weight is 357 g/mol. The molecule has 0 bridgehead atoms. The van der Waals surface area contributed by atoms with E-state index in [2.05, 4.69) is 46.1 Å². The molecular formula is C15H21BrN2OS. The molecule has 0 radical (unpaired) electrons. The van der Waals surface area contributed by atoms with E-state index in [1.807, 2.05) is 12.1 Å². The summed E-state index contributed by atoms with van der Waals surface area (Å²) in [5.41, 5.74) is 6.38. The molecule has 20 heavy (non-hydrogen) atoms. The standard InChI is InChI=1S/C15H21BrN2OS/c1-3-13(17)15(14-8-11(16)10-20-14)18(4-2)9-12-6-5-7-19-12/h5-8,10,13,15H,3-4,9,17H2,1-2H3. The van der Waals surface area contributed by atoms with Crippen molar-refractivity contribution in [3.63, 3.8) is 0 Å². The molecule has 5 heteroatoms. The minimum atomic E-state index is 0.121. The Hall–Kier alpha value is -0.620. The summed E-state index contributed by atoms with van der Waals surface area (Å²) in [5, 5.41) is 2.12. The monoisotopic (exact) mass is 356 g/mol. The minimum Gasteiger partial charge on any atom is -0.468 e. The molecule has 2 N–H and O–H groups in total. The quantitative estimate of drug-likeness (QED) is 0.798. The molecule has 2 atom stereocenters. The number of likely N-dealkylation sites (N-methyl/N-ethyl adjacent to an activating group) is 1. The lowest BCUT2D eigenvalue weighted by atomic mass is 10.0. The highest BCUT2D eigenvalue weighted by Gasteiger charge is 2.26. The third kappa shape index (κ3) is 3.73. The molecule has 0 aliphatic rings. The zero-order valence-electron chi connectivity index (χ0n) is 11.9.